The maximum atomic E-state index is 12.7. The lowest BCUT2D eigenvalue weighted by molar-refractivity contribution is -0.148. The van der Waals surface area contributed by atoms with Crippen LogP contribution < -0.4 is 15.4 Å². The third-order valence-corrected chi connectivity index (χ3v) is 5.44. The van der Waals surface area contributed by atoms with Gasteiger partial charge in [-0.25, -0.2) is 14.6 Å². The molecule has 0 aliphatic carbocycles. The van der Waals surface area contributed by atoms with E-state index in [1.54, 1.807) is 45.0 Å². The van der Waals surface area contributed by atoms with Gasteiger partial charge in [0.25, 0.3) is 0 Å². The van der Waals surface area contributed by atoms with Crippen molar-refractivity contribution in [1.82, 2.24) is 10.3 Å². The first kappa shape index (κ1) is 26.0. The van der Waals surface area contributed by atoms with Gasteiger partial charge in [0.1, 0.15) is 24.0 Å². The molecule has 9 nitrogen and oxygen atoms in total. The van der Waals surface area contributed by atoms with E-state index in [9.17, 15) is 14.4 Å². The zero-order chi connectivity index (χ0) is 25.4. The number of hydrogen-bond acceptors (Lipinski definition) is 8. The van der Waals surface area contributed by atoms with Gasteiger partial charge in [0.2, 0.25) is 5.91 Å². The highest BCUT2D eigenvalue weighted by atomic mass is 32.1. The fraction of sp³-hybridized carbons (Fsp3) is 0.360. The summed E-state index contributed by atoms with van der Waals surface area (Å²) in [5, 5.41) is 5.50. The van der Waals surface area contributed by atoms with Crippen LogP contribution in [0, 0.1) is 0 Å². The molecule has 10 heteroatoms. The number of nitrogens with one attached hydrogen (secondary N) is 2. The normalized spacial score (nSPS) is 12.0. The van der Waals surface area contributed by atoms with Crippen LogP contribution in [0.4, 0.5) is 9.93 Å². The summed E-state index contributed by atoms with van der Waals surface area (Å²) < 4.78 is 16.9. The first-order valence-electron chi connectivity index (χ1n) is 11.2. The first-order valence-corrected chi connectivity index (χ1v) is 12.0. The van der Waals surface area contributed by atoms with Gasteiger partial charge in [-0.05, 0) is 51.5 Å². The Bertz CT molecular complexity index is 1170. The average Bonchev–Trinajstić information content (AvgIpc) is 3.18. The largest absolute Gasteiger partial charge is 0.494 e. The zero-order valence-corrected chi connectivity index (χ0v) is 20.9. The van der Waals surface area contributed by atoms with E-state index < -0.39 is 29.6 Å². The minimum atomic E-state index is -1.24. The van der Waals surface area contributed by atoms with E-state index in [0.717, 1.165) is 10.3 Å². The summed E-state index contributed by atoms with van der Waals surface area (Å²) in [6.45, 7) is 7.55. The second kappa shape index (κ2) is 11.7. The number of fused-ring (bicyclic) bond motifs is 1. The van der Waals surface area contributed by atoms with E-state index in [2.05, 4.69) is 15.6 Å². The molecule has 2 aromatic carbocycles. The molecule has 0 fully saturated rings. The SMILES string of the molecule is CCOc1ccc2nc(NC(=O)C[C@H](NC(=O)OC(C)(C)C)C(=O)OCc3ccccc3)sc2c1. The van der Waals surface area contributed by atoms with Crippen molar-refractivity contribution >= 4 is 44.7 Å². The summed E-state index contributed by atoms with van der Waals surface area (Å²) in [6, 6.07) is 13.3. The predicted octanol–water partition coefficient (Wildman–Crippen LogP) is 4.66. The Kier molecular flexibility index (Phi) is 8.64. The number of ether oxygens (including phenoxy) is 3. The van der Waals surface area contributed by atoms with Gasteiger partial charge in [0.05, 0.1) is 23.2 Å². The van der Waals surface area contributed by atoms with Crippen molar-refractivity contribution in [2.75, 3.05) is 11.9 Å². The number of carbonyl (C=O) groups is 3. The highest BCUT2D eigenvalue weighted by Gasteiger charge is 2.28. The number of nitrogens with zero attached hydrogens (tertiary/aromatic N) is 1. The minimum absolute atomic E-state index is 0.00776. The van der Waals surface area contributed by atoms with Crippen LogP contribution in [0.2, 0.25) is 0 Å². The highest BCUT2D eigenvalue weighted by Crippen LogP contribution is 2.29. The number of rotatable bonds is 9. The summed E-state index contributed by atoms with van der Waals surface area (Å²) in [6.07, 6.45) is -1.18. The Morgan fingerprint density at radius 3 is 2.51 bits per heavy atom. The Balaban J connectivity index is 1.67. The highest BCUT2D eigenvalue weighted by molar-refractivity contribution is 7.22. The average molecular weight is 500 g/mol. The molecule has 0 radical (unpaired) electrons. The topological polar surface area (TPSA) is 116 Å². The molecule has 3 rings (SSSR count). The number of esters is 1. The lowest BCUT2D eigenvalue weighted by Gasteiger charge is -2.22. The van der Waals surface area contributed by atoms with Crippen LogP contribution in [0.25, 0.3) is 10.2 Å². The van der Waals surface area contributed by atoms with E-state index in [4.69, 9.17) is 14.2 Å². The third kappa shape index (κ3) is 8.25. The minimum Gasteiger partial charge on any atom is -0.494 e. The molecule has 0 bridgehead atoms. The number of benzene rings is 2. The zero-order valence-electron chi connectivity index (χ0n) is 20.1. The van der Waals surface area contributed by atoms with Gasteiger partial charge in [-0.2, -0.15) is 0 Å². The van der Waals surface area contributed by atoms with Crippen LogP contribution in [0.15, 0.2) is 48.5 Å². The number of thiazole rings is 1. The van der Waals surface area contributed by atoms with Gasteiger partial charge in [-0.15, -0.1) is 0 Å². The molecular formula is C25H29N3O6S. The number of amides is 2. The second-order valence-corrected chi connectivity index (χ2v) is 9.66. The first-order chi connectivity index (χ1) is 16.6. The Labute approximate surface area is 207 Å². The maximum Gasteiger partial charge on any atom is 0.408 e. The van der Waals surface area contributed by atoms with Crippen LogP contribution in [-0.4, -0.2) is 41.2 Å². The molecule has 2 amide bonds. The number of alkyl carbamates (subject to hydrolysis) is 1. The van der Waals surface area contributed by atoms with Crippen molar-refractivity contribution in [2.45, 2.75) is 52.4 Å². The van der Waals surface area contributed by atoms with Gasteiger partial charge < -0.3 is 24.8 Å². The molecule has 0 unspecified atom stereocenters. The molecule has 1 heterocycles. The summed E-state index contributed by atoms with van der Waals surface area (Å²) in [4.78, 5) is 42.2. The monoisotopic (exact) mass is 499 g/mol. The number of aromatic nitrogens is 1. The Hall–Kier alpha value is -3.66. The van der Waals surface area contributed by atoms with Gasteiger partial charge in [0.15, 0.2) is 5.13 Å². The van der Waals surface area contributed by atoms with Crippen LogP contribution in [0.5, 0.6) is 5.75 Å². The van der Waals surface area contributed by atoms with E-state index in [-0.39, 0.29) is 13.0 Å². The molecule has 0 spiro atoms. The molecule has 2 N–H and O–H groups in total. The predicted molar refractivity (Wildman–Crippen MR) is 133 cm³/mol. The fourth-order valence-corrected chi connectivity index (χ4v) is 3.95. The fourth-order valence-electron chi connectivity index (χ4n) is 3.04. The molecular weight excluding hydrogens is 470 g/mol. The van der Waals surface area contributed by atoms with Gasteiger partial charge in [0, 0.05) is 0 Å². The summed E-state index contributed by atoms with van der Waals surface area (Å²) in [5.74, 6) is -0.545. The van der Waals surface area contributed by atoms with Gasteiger partial charge >= 0.3 is 12.1 Å². The van der Waals surface area contributed by atoms with Crippen molar-refractivity contribution in [3.63, 3.8) is 0 Å². The molecule has 1 aromatic heterocycles. The third-order valence-electron chi connectivity index (χ3n) is 4.51. The second-order valence-electron chi connectivity index (χ2n) is 8.63. The van der Waals surface area contributed by atoms with E-state index >= 15 is 0 Å². The maximum absolute atomic E-state index is 12.7. The quantitative estimate of drug-likeness (QED) is 0.411. The summed E-state index contributed by atoms with van der Waals surface area (Å²) in [5.41, 5.74) is 0.716. The van der Waals surface area contributed by atoms with Crippen molar-refractivity contribution in [3.05, 3.63) is 54.1 Å². The molecule has 0 aliphatic rings. The number of carbonyl (C=O) groups excluding carboxylic acids is 3. The number of anilines is 1. The van der Waals surface area contributed by atoms with Crippen molar-refractivity contribution in [1.29, 1.82) is 0 Å². The Morgan fingerprint density at radius 1 is 1.09 bits per heavy atom. The molecule has 186 valence electrons. The molecule has 0 saturated carbocycles. The van der Waals surface area contributed by atoms with Crippen molar-refractivity contribution < 1.29 is 28.6 Å². The Morgan fingerprint density at radius 2 is 1.83 bits per heavy atom. The van der Waals surface area contributed by atoms with E-state index in [0.29, 0.717) is 23.0 Å². The van der Waals surface area contributed by atoms with Crippen LogP contribution in [-0.2, 0) is 25.7 Å². The number of hydrogen-bond donors (Lipinski definition) is 2. The molecule has 0 aliphatic heterocycles. The molecule has 35 heavy (non-hydrogen) atoms. The van der Waals surface area contributed by atoms with Gasteiger partial charge in [-0.3, -0.25) is 4.79 Å². The van der Waals surface area contributed by atoms with Crippen LogP contribution in [0.3, 0.4) is 0 Å². The van der Waals surface area contributed by atoms with E-state index in [1.165, 1.54) is 11.3 Å². The standard InChI is InChI=1S/C25H29N3O6S/c1-5-32-17-11-12-18-20(13-17)35-23(26-18)28-21(29)14-19(27-24(31)34-25(2,3)4)22(30)33-15-16-9-7-6-8-10-16/h6-13,19H,5,14-15H2,1-4H3,(H,27,31)(H,26,28,29)/t19-/m0/s1. The summed E-state index contributed by atoms with van der Waals surface area (Å²) in [7, 11) is 0. The smallest absolute Gasteiger partial charge is 0.408 e. The summed E-state index contributed by atoms with van der Waals surface area (Å²) >= 11 is 1.28. The van der Waals surface area contributed by atoms with Gasteiger partial charge in [-0.1, -0.05) is 41.7 Å². The van der Waals surface area contributed by atoms with E-state index in [1.807, 2.05) is 31.2 Å². The lowest BCUT2D eigenvalue weighted by Crippen LogP contribution is -2.46. The van der Waals surface area contributed by atoms with Crippen molar-refractivity contribution in [3.8, 4) is 5.75 Å². The molecule has 0 saturated heterocycles. The van der Waals surface area contributed by atoms with Crippen LogP contribution >= 0.6 is 11.3 Å². The lowest BCUT2D eigenvalue weighted by atomic mass is 10.2. The van der Waals surface area contributed by atoms with Crippen LogP contribution in [0.1, 0.15) is 39.7 Å². The molecule has 3 aromatic rings. The van der Waals surface area contributed by atoms with Crippen molar-refractivity contribution in [2.24, 2.45) is 0 Å². The molecule has 1 atom stereocenters.